The van der Waals surface area contributed by atoms with E-state index in [4.69, 9.17) is 4.74 Å². The molecule has 0 bridgehead atoms. The second-order valence-corrected chi connectivity index (χ2v) is 6.91. The SMILES string of the molecule is Cn1c(=O)n(CCOC2CCSCC2)c2ccsc21. The summed E-state index contributed by atoms with van der Waals surface area (Å²) >= 11 is 3.61. The molecule has 1 aliphatic heterocycles. The number of thioether (sulfide) groups is 1. The number of imidazole rings is 1. The summed E-state index contributed by atoms with van der Waals surface area (Å²) in [5, 5.41) is 2.03. The lowest BCUT2D eigenvalue weighted by molar-refractivity contribution is 0.0430. The molecule has 4 nitrogen and oxygen atoms in total. The number of fused-ring (bicyclic) bond motifs is 1. The minimum atomic E-state index is 0.0599. The Morgan fingerprint density at radius 2 is 2.21 bits per heavy atom. The molecule has 2 aromatic rings. The van der Waals surface area contributed by atoms with Gasteiger partial charge in [0.2, 0.25) is 0 Å². The van der Waals surface area contributed by atoms with Crippen LogP contribution in [0.3, 0.4) is 0 Å². The molecule has 3 rings (SSSR count). The van der Waals surface area contributed by atoms with E-state index in [1.54, 1.807) is 15.9 Å². The first kappa shape index (κ1) is 13.3. The second kappa shape index (κ2) is 5.73. The number of ether oxygens (including phenoxy) is 1. The van der Waals surface area contributed by atoms with E-state index in [9.17, 15) is 4.79 Å². The lowest BCUT2D eigenvalue weighted by atomic mass is 10.2. The molecule has 0 radical (unpaired) electrons. The molecule has 1 aliphatic rings. The smallest absolute Gasteiger partial charge is 0.329 e. The summed E-state index contributed by atoms with van der Waals surface area (Å²) < 4.78 is 9.44. The fraction of sp³-hybridized carbons (Fsp3) is 0.615. The van der Waals surface area contributed by atoms with E-state index in [2.05, 4.69) is 0 Å². The Balaban J connectivity index is 1.66. The number of thiophene rings is 1. The molecule has 104 valence electrons. The van der Waals surface area contributed by atoms with Gasteiger partial charge in [-0.2, -0.15) is 11.8 Å². The van der Waals surface area contributed by atoms with Gasteiger partial charge in [-0.15, -0.1) is 11.3 Å². The van der Waals surface area contributed by atoms with Crippen molar-refractivity contribution >= 4 is 33.4 Å². The third-order valence-electron chi connectivity index (χ3n) is 3.57. The maximum Gasteiger partial charge on any atom is 0.329 e. The van der Waals surface area contributed by atoms with E-state index >= 15 is 0 Å². The lowest BCUT2D eigenvalue weighted by Crippen LogP contribution is -2.26. The number of rotatable bonds is 4. The molecule has 1 saturated heterocycles. The van der Waals surface area contributed by atoms with Crippen LogP contribution in [0, 0.1) is 0 Å². The first-order valence-corrected chi connectivity index (χ1v) is 8.63. The van der Waals surface area contributed by atoms with Gasteiger partial charge >= 0.3 is 5.69 Å². The minimum absolute atomic E-state index is 0.0599. The van der Waals surface area contributed by atoms with Gasteiger partial charge in [-0.1, -0.05) is 0 Å². The zero-order valence-corrected chi connectivity index (χ0v) is 12.6. The Morgan fingerprint density at radius 3 is 3.00 bits per heavy atom. The molecular formula is C13H18N2O2S2. The highest BCUT2D eigenvalue weighted by molar-refractivity contribution is 7.99. The van der Waals surface area contributed by atoms with Gasteiger partial charge < -0.3 is 4.74 Å². The van der Waals surface area contributed by atoms with E-state index in [1.165, 1.54) is 11.5 Å². The number of hydrogen-bond acceptors (Lipinski definition) is 4. The van der Waals surface area contributed by atoms with Crippen LogP contribution in [-0.2, 0) is 18.3 Å². The van der Waals surface area contributed by atoms with Crippen molar-refractivity contribution in [2.75, 3.05) is 18.1 Å². The van der Waals surface area contributed by atoms with Crippen molar-refractivity contribution in [2.45, 2.75) is 25.5 Å². The van der Waals surface area contributed by atoms with Crippen molar-refractivity contribution in [1.82, 2.24) is 9.13 Å². The Kier molecular flexibility index (Phi) is 4.00. The molecule has 0 atom stereocenters. The van der Waals surface area contributed by atoms with Crippen molar-refractivity contribution in [3.8, 4) is 0 Å². The fourth-order valence-corrected chi connectivity index (χ4v) is 4.42. The Bertz CT molecular complexity index is 608. The fourth-order valence-electron chi connectivity index (χ4n) is 2.49. The summed E-state index contributed by atoms with van der Waals surface area (Å²) in [4.78, 5) is 13.1. The molecule has 1 fully saturated rings. The van der Waals surface area contributed by atoms with Crippen LogP contribution in [0.15, 0.2) is 16.2 Å². The summed E-state index contributed by atoms with van der Waals surface area (Å²) in [5.41, 5.74) is 1.09. The van der Waals surface area contributed by atoms with Crippen LogP contribution in [-0.4, -0.2) is 33.4 Å². The average molecular weight is 298 g/mol. The highest BCUT2D eigenvalue weighted by Gasteiger charge is 2.15. The summed E-state index contributed by atoms with van der Waals surface area (Å²) in [6.45, 7) is 1.28. The van der Waals surface area contributed by atoms with E-state index in [0.717, 1.165) is 23.2 Å². The van der Waals surface area contributed by atoms with Crippen molar-refractivity contribution in [2.24, 2.45) is 7.05 Å². The third kappa shape index (κ3) is 2.61. The van der Waals surface area contributed by atoms with Crippen LogP contribution in [0.4, 0.5) is 0 Å². The summed E-state index contributed by atoms with van der Waals surface area (Å²) in [6.07, 6.45) is 2.67. The monoisotopic (exact) mass is 298 g/mol. The van der Waals surface area contributed by atoms with Gasteiger partial charge in [-0.05, 0) is 35.8 Å². The summed E-state index contributed by atoms with van der Waals surface area (Å²) in [5.74, 6) is 2.40. The molecular weight excluding hydrogens is 280 g/mol. The van der Waals surface area contributed by atoms with Crippen LogP contribution in [0.2, 0.25) is 0 Å². The number of aromatic nitrogens is 2. The zero-order valence-electron chi connectivity index (χ0n) is 11.0. The molecule has 3 heterocycles. The van der Waals surface area contributed by atoms with Crippen LogP contribution >= 0.6 is 23.1 Å². The highest BCUT2D eigenvalue weighted by atomic mass is 32.2. The molecule has 0 aromatic carbocycles. The van der Waals surface area contributed by atoms with Gasteiger partial charge in [-0.3, -0.25) is 9.13 Å². The largest absolute Gasteiger partial charge is 0.376 e. The van der Waals surface area contributed by atoms with Crippen molar-refractivity contribution in [3.05, 3.63) is 21.9 Å². The van der Waals surface area contributed by atoms with Crippen molar-refractivity contribution in [1.29, 1.82) is 0 Å². The van der Waals surface area contributed by atoms with E-state index in [0.29, 0.717) is 19.3 Å². The quantitative estimate of drug-likeness (QED) is 0.869. The molecule has 0 unspecified atom stereocenters. The van der Waals surface area contributed by atoms with E-state index in [-0.39, 0.29) is 5.69 Å². The van der Waals surface area contributed by atoms with Gasteiger partial charge in [0.25, 0.3) is 0 Å². The minimum Gasteiger partial charge on any atom is -0.376 e. The van der Waals surface area contributed by atoms with Gasteiger partial charge in [0, 0.05) is 7.05 Å². The Morgan fingerprint density at radius 1 is 1.42 bits per heavy atom. The predicted octanol–water partition coefficient (Wildman–Crippen LogP) is 2.31. The number of aryl methyl sites for hydroxylation is 1. The molecule has 0 saturated carbocycles. The predicted molar refractivity (Wildman–Crippen MR) is 81.4 cm³/mol. The van der Waals surface area contributed by atoms with Gasteiger partial charge in [-0.25, -0.2) is 4.79 Å². The van der Waals surface area contributed by atoms with E-state index < -0.39 is 0 Å². The van der Waals surface area contributed by atoms with Crippen molar-refractivity contribution < 1.29 is 4.74 Å². The van der Waals surface area contributed by atoms with Crippen LogP contribution < -0.4 is 5.69 Å². The molecule has 0 amide bonds. The average Bonchev–Trinajstić information content (AvgIpc) is 2.99. The van der Waals surface area contributed by atoms with Gasteiger partial charge in [0.15, 0.2) is 0 Å². The molecule has 2 aromatic heterocycles. The number of hydrogen-bond donors (Lipinski definition) is 0. The maximum atomic E-state index is 12.1. The maximum absolute atomic E-state index is 12.1. The standard InChI is InChI=1S/C13H18N2O2S2/c1-14-12-11(4-9-19-12)15(13(14)16)5-6-17-10-2-7-18-8-3-10/h4,9-10H,2-3,5-8H2,1H3. The van der Waals surface area contributed by atoms with Gasteiger partial charge in [0.05, 0.1) is 24.8 Å². The molecule has 0 N–H and O–H groups in total. The Hall–Kier alpha value is -0.720. The second-order valence-electron chi connectivity index (χ2n) is 4.79. The number of nitrogens with zero attached hydrogens (tertiary/aromatic N) is 2. The highest BCUT2D eigenvalue weighted by Crippen LogP contribution is 2.20. The molecule has 6 heteroatoms. The molecule has 19 heavy (non-hydrogen) atoms. The summed E-state index contributed by atoms with van der Waals surface area (Å²) in [7, 11) is 1.83. The van der Waals surface area contributed by atoms with Gasteiger partial charge in [0.1, 0.15) is 4.83 Å². The van der Waals surface area contributed by atoms with Crippen LogP contribution in [0.1, 0.15) is 12.8 Å². The topological polar surface area (TPSA) is 36.2 Å². The van der Waals surface area contributed by atoms with Crippen LogP contribution in [0.25, 0.3) is 10.3 Å². The van der Waals surface area contributed by atoms with E-state index in [1.807, 2.05) is 34.8 Å². The van der Waals surface area contributed by atoms with Crippen molar-refractivity contribution in [3.63, 3.8) is 0 Å². The first-order valence-electron chi connectivity index (χ1n) is 6.59. The molecule has 0 aliphatic carbocycles. The normalized spacial score (nSPS) is 17.3. The summed E-state index contributed by atoms with van der Waals surface area (Å²) in [6, 6.07) is 2.01. The first-order chi connectivity index (χ1) is 9.27. The zero-order chi connectivity index (χ0) is 13.2. The van der Waals surface area contributed by atoms with Crippen LogP contribution in [0.5, 0.6) is 0 Å². The third-order valence-corrected chi connectivity index (χ3v) is 5.60. The Labute approximate surface area is 120 Å². The molecule has 0 spiro atoms. The lowest BCUT2D eigenvalue weighted by Gasteiger charge is -2.21.